The summed E-state index contributed by atoms with van der Waals surface area (Å²) in [5.74, 6) is 0.136. The van der Waals surface area contributed by atoms with Crippen LogP contribution in [0.4, 0.5) is 11.4 Å². The molecular weight excluding hydrogens is 432 g/mol. The second-order valence-corrected chi connectivity index (χ2v) is 6.60. The van der Waals surface area contributed by atoms with Crippen LogP contribution in [0.3, 0.4) is 0 Å². The quantitative estimate of drug-likeness (QED) is 0.296. The number of carbonyl (C=O) groups excluding carboxylic acids is 1. The highest BCUT2D eigenvalue weighted by Crippen LogP contribution is 2.28. The molecule has 0 aliphatic rings. The van der Waals surface area contributed by atoms with Crippen LogP contribution in [-0.4, -0.2) is 29.1 Å². The number of benzene rings is 3. The van der Waals surface area contributed by atoms with Gasteiger partial charge in [0.15, 0.2) is 11.5 Å². The molecule has 1 amide bonds. The molecule has 0 atom stereocenters. The molecule has 0 saturated heterocycles. The number of rotatable bonds is 9. The first-order valence-corrected chi connectivity index (χ1v) is 9.50. The van der Waals surface area contributed by atoms with E-state index in [0.29, 0.717) is 17.1 Å². The van der Waals surface area contributed by atoms with Crippen LogP contribution in [0.5, 0.6) is 11.5 Å². The number of nitro groups is 2. The van der Waals surface area contributed by atoms with Crippen LogP contribution in [0.1, 0.15) is 21.5 Å². The molecule has 0 bridgehead atoms. The third-order valence-electron chi connectivity index (χ3n) is 4.45. The van der Waals surface area contributed by atoms with Gasteiger partial charge in [-0.15, -0.1) is 0 Å². The van der Waals surface area contributed by atoms with Crippen molar-refractivity contribution >= 4 is 23.5 Å². The standard InChI is InChI=1S/C22H18N4O7/c1-32-21-12-16(13-23-24-22(27)18-4-2-3-5-19(18)26(30)31)8-11-20(21)33-14-15-6-9-17(10-7-15)25(28)29/h2-13H,14H2,1H3,(H,24,27)/b23-13-. The van der Waals surface area contributed by atoms with Crippen LogP contribution >= 0.6 is 0 Å². The van der Waals surface area contributed by atoms with E-state index in [0.717, 1.165) is 5.56 Å². The minimum absolute atomic E-state index is 0.00562. The van der Waals surface area contributed by atoms with E-state index in [-0.39, 0.29) is 23.5 Å². The Morgan fingerprint density at radius 2 is 1.73 bits per heavy atom. The summed E-state index contributed by atoms with van der Waals surface area (Å²) >= 11 is 0. The lowest BCUT2D eigenvalue weighted by molar-refractivity contribution is -0.385. The predicted molar refractivity (Wildman–Crippen MR) is 119 cm³/mol. The molecule has 1 N–H and O–H groups in total. The van der Waals surface area contributed by atoms with Gasteiger partial charge in [0.25, 0.3) is 17.3 Å². The first-order chi connectivity index (χ1) is 15.9. The highest BCUT2D eigenvalue weighted by atomic mass is 16.6. The zero-order valence-electron chi connectivity index (χ0n) is 17.3. The van der Waals surface area contributed by atoms with Crippen molar-refractivity contribution in [1.29, 1.82) is 0 Å². The zero-order valence-corrected chi connectivity index (χ0v) is 17.3. The van der Waals surface area contributed by atoms with E-state index < -0.39 is 15.8 Å². The van der Waals surface area contributed by atoms with Crippen LogP contribution < -0.4 is 14.9 Å². The number of methoxy groups -OCH3 is 1. The van der Waals surface area contributed by atoms with Gasteiger partial charge >= 0.3 is 0 Å². The predicted octanol–water partition coefficient (Wildman–Crippen LogP) is 3.85. The molecule has 33 heavy (non-hydrogen) atoms. The van der Waals surface area contributed by atoms with Gasteiger partial charge in [-0.25, -0.2) is 5.43 Å². The van der Waals surface area contributed by atoms with Crippen molar-refractivity contribution in [1.82, 2.24) is 5.43 Å². The Balaban J connectivity index is 1.64. The number of nitrogens with one attached hydrogen (secondary N) is 1. The molecule has 0 aliphatic heterocycles. The van der Waals surface area contributed by atoms with Crippen LogP contribution in [-0.2, 0) is 6.61 Å². The molecule has 3 aromatic rings. The first kappa shape index (κ1) is 22.9. The van der Waals surface area contributed by atoms with E-state index in [1.807, 2.05) is 0 Å². The molecule has 0 fully saturated rings. The molecule has 0 spiro atoms. The lowest BCUT2D eigenvalue weighted by atomic mass is 10.2. The summed E-state index contributed by atoms with van der Waals surface area (Å²) in [4.78, 5) is 32.9. The zero-order chi connectivity index (χ0) is 23.8. The Bertz CT molecular complexity index is 1210. The molecule has 0 unspecified atom stereocenters. The number of ether oxygens (including phenoxy) is 2. The summed E-state index contributed by atoms with van der Waals surface area (Å²) in [6.45, 7) is 0.174. The van der Waals surface area contributed by atoms with Gasteiger partial charge in [-0.1, -0.05) is 12.1 Å². The number of amides is 1. The molecule has 3 aromatic carbocycles. The molecule has 0 heterocycles. The Hall–Kier alpha value is -4.80. The van der Waals surface area contributed by atoms with Crippen molar-refractivity contribution in [3.05, 3.63) is 104 Å². The lowest BCUT2D eigenvalue weighted by Gasteiger charge is -2.11. The van der Waals surface area contributed by atoms with Crippen molar-refractivity contribution < 1.29 is 24.1 Å². The summed E-state index contributed by atoms with van der Waals surface area (Å²) < 4.78 is 11.1. The van der Waals surface area contributed by atoms with E-state index in [4.69, 9.17) is 9.47 Å². The minimum Gasteiger partial charge on any atom is -0.493 e. The van der Waals surface area contributed by atoms with Gasteiger partial charge in [0.2, 0.25) is 0 Å². The van der Waals surface area contributed by atoms with Crippen LogP contribution in [0.15, 0.2) is 71.8 Å². The molecule has 0 aliphatic carbocycles. The number of hydrogen-bond donors (Lipinski definition) is 1. The number of nitro benzene ring substituents is 2. The smallest absolute Gasteiger partial charge is 0.282 e. The molecule has 0 radical (unpaired) electrons. The van der Waals surface area contributed by atoms with E-state index >= 15 is 0 Å². The molecule has 168 valence electrons. The van der Waals surface area contributed by atoms with Crippen molar-refractivity contribution in [2.45, 2.75) is 6.61 Å². The normalized spacial score (nSPS) is 10.6. The number of para-hydroxylation sites is 1. The lowest BCUT2D eigenvalue weighted by Crippen LogP contribution is -2.18. The average molecular weight is 450 g/mol. The van der Waals surface area contributed by atoms with E-state index in [1.54, 1.807) is 30.3 Å². The molecule has 3 rings (SSSR count). The Morgan fingerprint density at radius 3 is 2.39 bits per heavy atom. The number of non-ortho nitro benzene ring substituents is 1. The number of hydrazone groups is 1. The molecule has 0 saturated carbocycles. The highest BCUT2D eigenvalue weighted by molar-refractivity contribution is 5.98. The second kappa shape index (κ2) is 10.5. The Kier molecular flexibility index (Phi) is 7.27. The topological polar surface area (TPSA) is 146 Å². The van der Waals surface area contributed by atoms with Crippen LogP contribution in [0, 0.1) is 20.2 Å². The summed E-state index contributed by atoms with van der Waals surface area (Å²) in [5.41, 5.74) is 3.15. The van der Waals surface area contributed by atoms with Crippen LogP contribution in [0.2, 0.25) is 0 Å². The molecule has 11 heteroatoms. The number of nitrogens with zero attached hydrogens (tertiary/aromatic N) is 3. The maximum absolute atomic E-state index is 12.2. The monoisotopic (exact) mass is 450 g/mol. The maximum atomic E-state index is 12.2. The van der Waals surface area contributed by atoms with Gasteiger partial charge in [-0.2, -0.15) is 5.10 Å². The first-order valence-electron chi connectivity index (χ1n) is 9.50. The van der Waals surface area contributed by atoms with Crippen molar-refractivity contribution in [3.63, 3.8) is 0 Å². The summed E-state index contributed by atoms with van der Waals surface area (Å²) in [6.07, 6.45) is 1.36. The fraction of sp³-hybridized carbons (Fsp3) is 0.0909. The third-order valence-corrected chi connectivity index (χ3v) is 4.45. The van der Waals surface area contributed by atoms with E-state index in [9.17, 15) is 25.0 Å². The Morgan fingerprint density at radius 1 is 1.00 bits per heavy atom. The number of carbonyl (C=O) groups is 1. The maximum Gasteiger partial charge on any atom is 0.282 e. The van der Waals surface area contributed by atoms with Crippen molar-refractivity contribution in [2.75, 3.05) is 7.11 Å². The molecule has 11 nitrogen and oxygen atoms in total. The fourth-order valence-corrected chi connectivity index (χ4v) is 2.81. The summed E-state index contributed by atoms with van der Waals surface area (Å²) in [5, 5.41) is 25.6. The fourth-order valence-electron chi connectivity index (χ4n) is 2.81. The van der Waals surface area contributed by atoms with E-state index in [2.05, 4.69) is 10.5 Å². The van der Waals surface area contributed by atoms with Gasteiger partial charge in [0.1, 0.15) is 12.2 Å². The van der Waals surface area contributed by atoms with Gasteiger partial charge in [0.05, 0.1) is 23.2 Å². The summed E-state index contributed by atoms with van der Waals surface area (Å²) in [6, 6.07) is 16.5. The van der Waals surface area contributed by atoms with Gasteiger partial charge in [-0.3, -0.25) is 25.0 Å². The van der Waals surface area contributed by atoms with Gasteiger partial charge < -0.3 is 9.47 Å². The van der Waals surface area contributed by atoms with Crippen molar-refractivity contribution in [3.8, 4) is 11.5 Å². The third kappa shape index (κ3) is 5.88. The molecule has 0 aromatic heterocycles. The van der Waals surface area contributed by atoms with Crippen LogP contribution in [0.25, 0.3) is 0 Å². The van der Waals surface area contributed by atoms with Gasteiger partial charge in [-0.05, 0) is 47.5 Å². The van der Waals surface area contributed by atoms with Crippen molar-refractivity contribution in [2.24, 2.45) is 5.10 Å². The Labute approximate surface area is 187 Å². The average Bonchev–Trinajstić information content (AvgIpc) is 2.83. The largest absolute Gasteiger partial charge is 0.493 e. The highest BCUT2D eigenvalue weighted by Gasteiger charge is 2.18. The second-order valence-electron chi connectivity index (χ2n) is 6.60. The minimum atomic E-state index is -0.714. The number of hydrogen-bond acceptors (Lipinski definition) is 8. The molecular formula is C22H18N4O7. The van der Waals surface area contributed by atoms with E-state index in [1.165, 1.54) is 49.7 Å². The summed E-state index contributed by atoms with van der Waals surface area (Å²) in [7, 11) is 1.46. The SMILES string of the molecule is COc1cc(/C=N\NC(=O)c2ccccc2[N+](=O)[O-])ccc1OCc1ccc([N+](=O)[O-])cc1. The van der Waals surface area contributed by atoms with Gasteiger partial charge in [0, 0.05) is 18.2 Å².